The molecule has 7 heteroatoms. The van der Waals surface area contributed by atoms with Gasteiger partial charge in [0.05, 0.1) is 10.6 Å². The van der Waals surface area contributed by atoms with Crippen LogP contribution in [0.5, 0.6) is 0 Å². The number of allylic oxidation sites excluding steroid dienone is 1. The average molecular weight is 378 g/mol. The predicted molar refractivity (Wildman–Crippen MR) is 91.6 cm³/mol. The number of carbonyl (C=O) groups excluding carboxylic acids is 2. The minimum absolute atomic E-state index is 0.153. The number of imide groups is 1. The SMILES string of the molecule is CCC(CCCCCC(=O)NC(=O)c1ccc(Cl)cc1Cl)=C(F)F. The number of nitrogens with one attached hydrogen (secondary N) is 1. The normalized spacial score (nSPS) is 10.4. The van der Waals surface area contributed by atoms with E-state index in [0.717, 1.165) is 0 Å². The van der Waals surface area contributed by atoms with Gasteiger partial charge in [-0.3, -0.25) is 14.9 Å². The first-order chi connectivity index (χ1) is 11.3. The smallest absolute Gasteiger partial charge is 0.269 e. The first-order valence-electron chi connectivity index (χ1n) is 7.67. The second-order valence-electron chi connectivity index (χ2n) is 5.28. The van der Waals surface area contributed by atoms with E-state index in [9.17, 15) is 18.4 Å². The Morgan fingerprint density at radius 2 is 1.75 bits per heavy atom. The van der Waals surface area contributed by atoms with E-state index in [2.05, 4.69) is 5.32 Å². The molecule has 24 heavy (non-hydrogen) atoms. The first kappa shape index (κ1) is 20.6. The number of carbonyl (C=O) groups is 2. The van der Waals surface area contributed by atoms with Gasteiger partial charge in [-0.25, -0.2) is 0 Å². The summed E-state index contributed by atoms with van der Waals surface area (Å²) in [5.74, 6) is -1.01. The largest absolute Gasteiger partial charge is 0.292 e. The summed E-state index contributed by atoms with van der Waals surface area (Å²) >= 11 is 11.6. The fourth-order valence-corrected chi connectivity index (χ4v) is 2.63. The zero-order valence-electron chi connectivity index (χ0n) is 13.3. The molecule has 1 N–H and O–H groups in total. The van der Waals surface area contributed by atoms with E-state index in [0.29, 0.717) is 37.1 Å². The van der Waals surface area contributed by atoms with E-state index in [4.69, 9.17) is 23.2 Å². The summed E-state index contributed by atoms with van der Waals surface area (Å²) in [5, 5.41) is 2.81. The van der Waals surface area contributed by atoms with Crippen LogP contribution in [0.25, 0.3) is 0 Å². The molecular weight excluding hydrogens is 359 g/mol. The molecule has 0 saturated heterocycles. The van der Waals surface area contributed by atoms with E-state index >= 15 is 0 Å². The zero-order valence-corrected chi connectivity index (χ0v) is 14.8. The molecule has 0 bridgehead atoms. The van der Waals surface area contributed by atoms with E-state index in [1.54, 1.807) is 6.92 Å². The number of unbranched alkanes of at least 4 members (excludes halogenated alkanes) is 2. The van der Waals surface area contributed by atoms with Crippen LogP contribution < -0.4 is 5.32 Å². The van der Waals surface area contributed by atoms with E-state index in [1.165, 1.54) is 18.2 Å². The minimum Gasteiger partial charge on any atom is -0.292 e. The molecule has 0 aliphatic rings. The molecule has 1 aromatic carbocycles. The molecule has 0 atom stereocenters. The maximum Gasteiger partial charge on any atom is 0.269 e. The number of hydrogen-bond acceptors (Lipinski definition) is 2. The zero-order chi connectivity index (χ0) is 18.1. The average Bonchev–Trinajstić information content (AvgIpc) is 2.50. The second kappa shape index (κ2) is 10.4. The molecule has 0 fully saturated rings. The lowest BCUT2D eigenvalue weighted by Crippen LogP contribution is -2.30. The maximum absolute atomic E-state index is 12.5. The summed E-state index contributed by atoms with van der Waals surface area (Å²) in [5.41, 5.74) is 0.331. The van der Waals surface area contributed by atoms with Crippen molar-refractivity contribution in [1.29, 1.82) is 0 Å². The lowest BCUT2D eigenvalue weighted by Gasteiger charge is -2.06. The van der Waals surface area contributed by atoms with Crippen molar-refractivity contribution in [2.75, 3.05) is 0 Å². The van der Waals surface area contributed by atoms with Crippen molar-refractivity contribution in [3.05, 3.63) is 45.5 Å². The van der Waals surface area contributed by atoms with Gasteiger partial charge in [0.2, 0.25) is 5.91 Å². The molecule has 1 aromatic rings. The van der Waals surface area contributed by atoms with E-state index < -0.39 is 17.9 Å². The minimum atomic E-state index is -1.61. The molecule has 0 aliphatic heterocycles. The van der Waals surface area contributed by atoms with Gasteiger partial charge in [0.15, 0.2) is 0 Å². The molecule has 2 amide bonds. The predicted octanol–water partition coefficient (Wildman–Crippen LogP) is 5.76. The monoisotopic (exact) mass is 377 g/mol. The van der Waals surface area contributed by atoms with Crippen LogP contribution in [-0.4, -0.2) is 11.8 Å². The van der Waals surface area contributed by atoms with Gasteiger partial charge in [0, 0.05) is 11.4 Å². The standard InChI is InChI=1S/C17H19Cl2F2NO2/c1-2-11(16(20)21)6-4-3-5-7-15(23)22-17(24)13-9-8-12(18)10-14(13)19/h8-10H,2-7H2,1H3,(H,22,23,24). The second-order valence-corrected chi connectivity index (χ2v) is 6.12. The third-order valence-corrected chi connectivity index (χ3v) is 4.05. The summed E-state index contributed by atoms with van der Waals surface area (Å²) in [6.45, 7) is 1.69. The molecular formula is C17H19Cl2F2NO2. The van der Waals surface area contributed by atoms with Crippen LogP contribution >= 0.6 is 23.2 Å². The van der Waals surface area contributed by atoms with Crippen molar-refractivity contribution in [3.63, 3.8) is 0 Å². The van der Waals surface area contributed by atoms with Crippen LogP contribution in [0, 0.1) is 0 Å². The van der Waals surface area contributed by atoms with Gasteiger partial charge in [0.1, 0.15) is 0 Å². The van der Waals surface area contributed by atoms with Gasteiger partial charge in [-0.1, -0.05) is 36.5 Å². The first-order valence-corrected chi connectivity index (χ1v) is 8.43. The van der Waals surface area contributed by atoms with Crippen molar-refractivity contribution in [1.82, 2.24) is 5.32 Å². The number of benzene rings is 1. The van der Waals surface area contributed by atoms with Gasteiger partial charge in [-0.15, -0.1) is 0 Å². The molecule has 0 aliphatic carbocycles. The Hall–Kier alpha value is -1.46. The van der Waals surface area contributed by atoms with Gasteiger partial charge >= 0.3 is 0 Å². The summed E-state index contributed by atoms with van der Waals surface area (Å²) in [6, 6.07) is 4.37. The Bertz CT molecular complexity index is 629. The van der Waals surface area contributed by atoms with Crippen molar-refractivity contribution < 1.29 is 18.4 Å². The number of halogens is 4. The van der Waals surface area contributed by atoms with Crippen LogP contribution in [0.3, 0.4) is 0 Å². The van der Waals surface area contributed by atoms with Crippen LogP contribution in [0.1, 0.15) is 55.8 Å². The van der Waals surface area contributed by atoms with Crippen LogP contribution in [-0.2, 0) is 4.79 Å². The van der Waals surface area contributed by atoms with Crippen molar-refractivity contribution in [3.8, 4) is 0 Å². The summed E-state index contributed by atoms with van der Waals surface area (Å²) < 4.78 is 24.9. The highest BCUT2D eigenvalue weighted by atomic mass is 35.5. The van der Waals surface area contributed by atoms with Crippen molar-refractivity contribution >= 4 is 35.0 Å². The molecule has 0 aromatic heterocycles. The van der Waals surface area contributed by atoms with Gasteiger partial charge in [-0.2, -0.15) is 8.78 Å². The molecule has 0 saturated carbocycles. The Labute approximate surface area is 150 Å². The maximum atomic E-state index is 12.5. The highest BCUT2D eigenvalue weighted by Crippen LogP contribution is 2.21. The van der Waals surface area contributed by atoms with E-state index in [1.807, 2.05) is 0 Å². The number of amides is 2. The van der Waals surface area contributed by atoms with Gasteiger partial charge < -0.3 is 0 Å². The third kappa shape index (κ3) is 6.97. The molecule has 0 unspecified atom stereocenters. The third-order valence-electron chi connectivity index (χ3n) is 3.51. The lowest BCUT2D eigenvalue weighted by atomic mass is 10.1. The van der Waals surface area contributed by atoms with Crippen LogP contribution in [0.2, 0.25) is 10.0 Å². The lowest BCUT2D eigenvalue weighted by molar-refractivity contribution is -0.120. The molecule has 1 rings (SSSR count). The van der Waals surface area contributed by atoms with Crippen molar-refractivity contribution in [2.45, 2.75) is 45.4 Å². The highest BCUT2D eigenvalue weighted by Gasteiger charge is 2.13. The molecule has 0 heterocycles. The topological polar surface area (TPSA) is 46.2 Å². The Morgan fingerprint density at radius 3 is 2.33 bits per heavy atom. The number of hydrogen-bond donors (Lipinski definition) is 1. The molecule has 3 nitrogen and oxygen atoms in total. The molecule has 0 spiro atoms. The number of rotatable bonds is 8. The Kier molecular flexibility index (Phi) is 8.93. The van der Waals surface area contributed by atoms with Gasteiger partial charge in [-0.05, 0) is 49.5 Å². The van der Waals surface area contributed by atoms with Crippen molar-refractivity contribution in [2.24, 2.45) is 0 Å². The summed E-state index contributed by atoms with van der Waals surface area (Å²) in [7, 11) is 0. The highest BCUT2D eigenvalue weighted by molar-refractivity contribution is 6.37. The van der Waals surface area contributed by atoms with Gasteiger partial charge in [0.25, 0.3) is 12.0 Å². The molecule has 0 radical (unpaired) electrons. The Balaban J connectivity index is 2.34. The summed E-state index contributed by atoms with van der Waals surface area (Å²) in [4.78, 5) is 23.7. The summed E-state index contributed by atoms with van der Waals surface area (Å²) in [6.07, 6.45) is 0.961. The fraction of sp³-hybridized carbons (Fsp3) is 0.412. The quantitative estimate of drug-likeness (QED) is 0.585. The Morgan fingerprint density at radius 1 is 1.08 bits per heavy atom. The van der Waals surface area contributed by atoms with Crippen LogP contribution in [0.4, 0.5) is 8.78 Å². The van der Waals surface area contributed by atoms with Crippen LogP contribution in [0.15, 0.2) is 29.9 Å². The van der Waals surface area contributed by atoms with E-state index in [-0.39, 0.29) is 22.6 Å². The fourth-order valence-electron chi connectivity index (χ4n) is 2.14. The molecule has 132 valence electrons.